The molecule has 0 spiro atoms. The van der Waals surface area contributed by atoms with Crippen molar-refractivity contribution >= 4 is 5.82 Å². The largest absolute Gasteiger partial charge is 0.390 e. The maximum Gasteiger partial charge on any atom is 0.390 e. The van der Waals surface area contributed by atoms with Gasteiger partial charge in [-0.25, -0.2) is 4.98 Å². The molecule has 0 bridgehead atoms. The van der Waals surface area contributed by atoms with Gasteiger partial charge < -0.3 is 10.6 Å². The second-order valence-electron chi connectivity index (χ2n) is 4.49. The fourth-order valence-corrected chi connectivity index (χ4v) is 1.54. The van der Waals surface area contributed by atoms with Crippen LogP contribution in [-0.4, -0.2) is 30.8 Å². The van der Waals surface area contributed by atoms with Crippen LogP contribution >= 0.6 is 0 Å². The molecule has 1 rings (SSSR count). The Balaban J connectivity index is 2.56. The summed E-state index contributed by atoms with van der Waals surface area (Å²) in [6, 6.07) is 3.60. The number of nitrogens with zero attached hydrogens (tertiary/aromatic N) is 2. The van der Waals surface area contributed by atoms with E-state index in [-0.39, 0.29) is 12.6 Å². The first-order chi connectivity index (χ1) is 8.28. The molecule has 0 aliphatic heterocycles. The molecule has 0 aliphatic rings. The third-order valence-corrected chi connectivity index (χ3v) is 2.49. The van der Waals surface area contributed by atoms with Crippen molar-refractivity contribution in [2.75, 3.05) is 18.5 Å². The SMILES string of the molecule is CC(N)Cc1ccc(N(C)CCC(F)(F)F)nc1. The molecule has 6 heteroatoms. The molecule has 0 aromatic carbocycles. The molecule has 1 heterocycles. The van der Waals surface area contributed by atoms with Crippen LogP contribution in [0.15, 0.2) is 18.3 Å². The summed E-state index contributed by atoms with van der Waals surface area (Å²) in [7, 11) is 1.60. The van der Waals surface area contributed by atoms with E-state index in [0.717, 1.165) is 5.56 Å². The normalized spacial score (nSPS) is 13.4. The van der Waals surface area contributed by atoms with Gasteiger partial charge in [0, 0.05) is 25.8 Å². The van der Waals surface area contributed by atoms with E-state index in [1.807, 2.05) is 13.0 Å². The highest BCUT2D eigenvalue weighted by Crippen LogP contribution is 2.21. The first-order valence-electron chi connectivity index (χ1n) is 5.76. The highest BCUT2D eigenvalue weighted by molar-refractivity contribution is 5.38. The average Bonchev–Trinajstić information content (AvgIpc) is 2.25. The molecular formula is C12H18F3N3. The van der Waals surface area contributed by atoms with E-state index < -0.39 is 12.6 Å². The van der Waals surface area contributed by atoms with Gasteiger partial charge in [-0.2, -0.15) is 13.2 Å². The lowest BCUT2D eigenvalue weighted by atomic mass is 10.1. The molecule has 3 nitrogen and oxygen atoms in total. The van der Waals surface area contributed by atoms with Crippen molar-refractivity contribution in [1.82, 2.24) is 4.98 Å². The molecule has 0 amide bonds. The maximum atomic E-state index is 12.1. The topological polar surface area (TPSA) is 42.1 Å². The molecule has 2 N–H and O–H groups in total. The van der Waals surface area contributed by atoms with Gasteiger partial charge in [-0.1, -0.05) is 6.07 Å². The molecule has 0 radical (unpaired) electrons. The molecule has 1 aromatic rings. The van der Waals surface area contributed by atoms with Gasteiger partial charge in [0.15, 0.2) is 0 Å². The van der Waals surface area contributed by atoms with Crippen molar-refractivity contribution in [3.63, 3.8) is 0 Å². The minimum absolute atomic E-state index is 0.0422. The Labute approximate surface area is 105 Å². The van der Waals surface area contributed by atoms with Crippen molar-refractivity contribution < 1.29 is 13.2 Å². The van der Waals surface area contributed by atoms with Gasteiger partial charge in [-0.3, -0.25) is 0 Å². The smallest absolute Gasteiger partial charge is 0.359 e. The molecule has 0 aliphatic carbocycles. The lowest BCUT2D eigenvalue weighted by Gasteiger charge is -2.19. The predicted molar refractivity (Wildman–Crippen MR) is 65.5 cm³/mol. The molecule has 18 heavy (non-hydrogen) atoms. The number of rotatable bonds is 5. The lowest BCUT2D eigenvalue weighted by molar-refractivity contribution is -0.132. The highest BCUT2D eigenvalue weighted by atomic mass is 19.4. The van der Waals surface area contributed by atoms with Gasteiger partial charge in [0.2, 0.25) is 0 Å². The molecule has 1 unspecified atom stereocenters. The molecule has 0 saturated carbocycles. The summed E-state index contributed by atoms with van der Waals surface area (Å²) < 4.78 is 36.2. The van der Waals surface area contributed by atoms with Crippen LogP contribution in [0, 0.1) is 0 Å². The second kappa shape index (κ2) is 6.04. The van der Waals surface area contributed by atoms with Crippen LogP contribution < -0.4 is 10.6 Å². The van der Waals surface area contributed by atoms with E-state index >= 15 is 0 Å². The Morgan fingerprint density at radius 3 is 2.50 bits per heavy atom. The number of hydrogen-bond donors (Lipinski definition) is 1. The van der Waals surface area contributed by atoms with Gasteiger partial charge in [0.1, 0.15) is 5.82 Å². The van der Waals surface area contributed by atoms with Crippen LogP contribution in [0.5, 0.6) is 0 Å². The van der Waals surface area contributed by atoms with E-state index in [4.69, 9.17) is 5.73 Å². The van der Waals surface area contributed by atoms with Crippen LogP contribution in [0.4, 0.5) is 19.0 Å². The summed E-state index contributed by atoms with van der Waals surface area (Å²) in [5.74, 6) is 0.535. The van der Waals surface area contributed by atoms with Crippen molar-refractivity contribution in [3.8, 4) is 0 Å². The Morgan fingerprint density at radius 1 is 1.39 bits per heavy atom. The van der Waals surface area contributed by atoms with E-state index in [0.29, 0.717) is 12.2 Å². The van der Waals surface area contributed by atoms with Crippen molar-refractivity contribution in [2.45, 2.75) is 32.0 Å². The monoisotopic (exact) mass is 261 g/mol. The van der Waals surface area contributed by atoms with Crippen LogP contribution in [-0.2, 0) is 6.42 Å². The summed E-state index contributed by atoms with van der Waals surface area (Å²) in [4.78, 5) is 5.62. The highest BCUT2D eigenvalue weighted by Gasteiger charge is 2.27. The number of halogens is 3. The minimum atomic E-state index is -4.14. The Kier molecular flexibility index (Phi) is 4.95. The van der Waals surface area contributed by atoms with Gasteiger partial charge in [-0.15, -0.1) is 0 Å². The van der Waals surface area contributed by atoms with E-state index in [9.17, 15) is 13.2 Å². The van der Waals surface area contributed by atoms with E-state index in [2.05, 4.69) is 4.98 Å². The Morgan fingerprint density at radius 2 is 2.06 bits per heavy atom. The number of hydrogen-bond acceptors (Lipinski definition) is 3. The number of aromatic nitrogens is 1. The van der Waals surface area contributed by atoms with Crippen LogP contribution in [0.3, 0.4) is 0 Å². The Hall–Kier alpha value is -1.30. The number of pyridine rings is 1. The molecule has 1 atom stereocenters. The van der Waals surface area contributed by atoms with Crippen LogP contribution in [0.2, 0.25) is 0 Å². The lowest BCUT2D eigenvalue weighted by Crippen LogP contribution is -2.25. The Bertz CT molecular complexity index is 360. The molecular weight excluding hydrogens is 243 g/mol. The zero-order chi connectivity index (χ0) is 13.8. The van der Waals surface area contributed by atoms with Gasteiger partial charge in [-0.05, 0) is 25.0 Å². The van der Waals surface area contributed by atoms with Crippen molar-refractivity contribution in [2.24, 2.45) is 5.73 Å². The first-order valence-corrected chi connectivity index (χ1v) is 5.76. The molecule has 1 aromatic heterocycles. The quantitative estimate of drug-likeness (QED) is 0.884. The number of anilines is 1. The summed E-state index contributed by atoms with van der Waals surface area (Å²) in [5, 5.41) is 0. The zero-order valence-corrected chi connectivity index (χ0v) is 10.5. The second-order valence-corrected chi connectivity index (χ2v) is 4.49. The maximum absolute atomic E-state index is 12.1. The van der Waals surface area contributed by atoms with Gasteiger partial charge >= 0.3 is 6.18 Å². The molecule has 0 fully saturated rings. The van der Waals surface area contributed by atoms with Gasteiger partial charge in [0.25, 0.3) is 0 Å². The van der Waals surface area contributed by atoms with Crippen LogP contribution in [0.25, 0.3) is 0 Å². The first kappa shape index (κ1) is 14.8. The number of nitrogens with two attached hydrogens (primary N) is 1. The third-order valence-electron chi connectivity index (χ3n) is 2.49. The average molecular weight is 261 g/mol. The third kappa shape index (κ3) is 5.35. The fraction of sp³-hybridized carbons (Fsp3) is 0.583. The summed E-state index contributed by atoms with van der Waals surface area (Å²) >= 11 is 0. The van der Waals surface area contributed by atoms with Crippen molar-refractivity contribution in [3.05, 3.63) is 23.9 Å². The summed E-state index contributed by atoms with van der Waals surface area (Å²) in [5.41, 5.74) is 6.64. The van der Waals surface area contributed by atoms with Crippen LogP contribution in [0.1, 0.15) is 18.9 Å². The molecule has 102 valence electrons. The molecule has 0 saturated heterocycles. The predicted octanol–water partition coefficient (Wildman–Crippen LogP) is 2.36. The number of alkyl halides is 3. The summed E-state index contributed by atoms with van der Waals surface area (Å²) in [6.45, 7) is 1.80. The van der Waals surface area contributed by atoms with E-state index in [1.54, 1.807) is 19.3 Å². The van der Waals surface area contributed by atoms with E-state index in [1.165, 1.54) is 4.90 Å². The van der Waals surface area contributed by atoms with Gasteiger partial charge in [0.05, 0.1) is 6.42 Å². The minimum Gasteiger partial charge on any atom is -0.359 e. The standard InChI is InChI=1S/C12H18F3N3/c1-9(16)7-10-3-4-11(17-8-10)18(2)6-5-12(13,14)15/h3-4,8-9H,5-7,16H2,1-2H3. The summed E-state index contributed by atoms with van der Waals surface area (Å²) in [6.07, 6.45) is -2.61. The zero-order valence-electron chi connectivity index (χ0n) is 10.5. The fourth-order valence-electron chi connectivity index (χ4n) is 1.54. The van der Waals surface area contributed by atoms with Crippen molar-refractivity contribution in [1.29, 1.82) is 0 Å².